The standard InChI is InChI=1S/C9H8F3IN2O3/c1-17-8(16)6-5(2-14)15-3-4(13)7(6)18-9(10,11)12/h3H,2,14H2,1H3. The first kappa shape index (κ1) is 15.0. The van der Waals surface area contributed by atoms with Crippen molar-refractivity contribution in [3.63, 3.8) is 0 Å². The Balaban J connectivity index is 3.41. The number of halogens is 4. The van der Waals surface area contributed by atoms with Crippen LogP contribution in [0.15, 0.2) is 6.20 Å². The van der Waals surface area contributed by atoms with E-state index in [1.807, 2.05) is 0 Å². The molecule has 1 aromatic rings. The average molecular weight is 376 g/mol. The predicted octanol–water partition coefficient (Wildman–Crippen LogP) is 1.83. The number of hydrogen-bond acceptors (Lipinski definition) is 5. The van der Waals surface area contributed by atoms with Gasteiger partial charge in [0.05, 0.1) is 16.4 Å². The highest BCUT2D eigenvalue weighted by Gasteiger charge is 2.35. The second-order valence-electron chi connectivity index (χ2n) is 3.00. The number of alkyl halides is 3. The van der Waals surface area contributed by atoms with Gasteiger partial charge in [0.15, 0.2) is 5.75 Å². The van der Waals surface area contributed by atoms with Crippen LogP contribution in [0.2, 0.25) is 0 Å². The molecule has 0 bridgehead atoms. The van der Waals surface area contributed by atoms with Crippen LogP contribution in [0.4, 0.5) is 13.2 Å². The van der Waals surface area contributed by atoms with Crippen molar-refractivity contribution < 1.29 is 27.4 Å². The first-order valence-corrected chi connectivity index (χ1v) is 5.59. The first-order chi connectivity index (χ1) is 8.30. The highest BCUT2D eigenvalue weighted by atomic mass is 127. The summed E-state index contributed by atoms with van der Waals surface area (Å²) in [5.41, 5.74) is 4.88. The van der Waals surface area contributed by atoms with E-state index >= 15 is 0 Å². The molecule has 1 aromatic heterocycles. The molecule has 0 amide bonds. The molecule has 100 valence electrons. The SMILES string of the molecule is COC(=O)c1c(CN)ncc(I)c1OC(F)(F)F. The molecule has 0 unspecified atom stereocenters. The maximum atomic E-state index is 12.3. The van der Waals surface area contributed by atoms with Crippen molar-refractivity contribution in [1.29, 1.82) is 0 Å². The van der Waals surface area contributed by atoms with E-state index in [1.165, 1.54) is 0 Å². The summed E-state index contributed by atoms with van der Waals surface area (Å²) in [5.74, 6) is -1.63. The van der Waals surface area contributed by atoms with E-state index in [9.17, 15) is 18.0 Å². The molecular weight excluding hydrogens is 368 g/mol. The molecule has 1 rings (SSSR count). The van der Waals surface area contributed by atoms with Crippen LogP contribution in [0.5, 0.6) is 5.75 Å². The number of carbonyl (C=O) groups is 1. The van der Waals surface area contributed by atoms with Gasteiger partial charge in [0.1, 0.15) is 5.56 Å². The van der Waals surface area contributed by atoms with Crippen molar-refractivity contribution in [3.05, 3.63) is 21.0 Å². The van der Waals surface area contributed by atoms with Crippen LogP contribution >= 0.6 is 22.6 Å². The van der Waals surface area contributed by atoms with Gasteiger partial charge in [-0.3, -0.25) is 4.98 Å². The number of carbonyl (C=O) groups excluding carboxylic acids is 1. The molecule has 0 saturated heterocycles. The van der Waals surface area contributed by atoms with Gasteiger partial charge in [0.2, 0.25) is 0 Å². The Kier molecular flexibility index (Phi) is 4.73. The van der Waals surface area contributed by atoms with E-state index in [1.54, 1.807) is 22.6 Å². The molecule has 0 saturated carbocycles. The average Bonchev–Trinajstić information content (AvgIpc) is 2.29. The van der Waals surface area contributed by atoms with E-state index in [0.29, 0.717) is 0 Å². The van der Waals surface area contributed by atoms with E-state index in [-0.39, 0.29) is 15.8 Å². The summed E-state index contributed by atoms with van der Waals surface area (Å²) < 4.78 is 45.1. The lowest BCUT2D eigenvalue weighted by molar-refractivity contribution is -0.275. The lowest BCUT2D eigenvalue weighted by Gasteiger charge is -2.15. The Morgan fingerprint density at radius 2 is 2.17 bits per heavy atom. The van der Waals surface area contributed by atoms with E-state index in [2.05, 4.69) is 14.5 Å². The number of ether oxygens (including phenoxy) is 2. The zero-order valence-electron chi connectivity index (χ0n) is 9.05. The molecule has 5 nitrogen and oxygen atoms in total. The highest BCUT2D eigenvalue weighted by Crippen LogP contribution is 2.32. The van der Waals surface area contributed by atoms with Crippen molar-refractivity contribution in [2.24, 2.45) is 5.73 Å². The van der Waals surface area contributed by atoms with Crippen LogP contribution in [-0.4, -0.2) is 24.4 Å². The zero-order chi connectivity index (χ0) is 13.9. The Labute approximate surface area is 114 Å². The molecule has 0 fully saturated rings. The monoisotopic (exact) mass is 376 g/mol. The van der Waals surface area contributed by atoms with Gasteiger partial charge in [-0.25, -0.2) is 4.79 Å². The van der Waals surface area contributed by atoms with E-state index < -0.39 is 23.6 Å². The minimum absolute atomic E-state index is 0.0264. The van der Waals surface area contributed by atoms with Crippen molar-refractivity contribution >= 4 is 28.6 Å². The Morgan fingerprint density at radius 1 is 1.56 bits per heavy atom. The summed E-state index contributed by atoms with van der Waals surface area (Å²) in [6, 6.07) is 0. The van der Waals surface area contributed by atoms with Gasteiger partial charge in [0, 0.05) is 12.7 Å². The Bertz CT molecular complexity index is 465. The molecule has 9 heteroatoms. The van der Waals surface area contributed by atoms with Crippen LogP contribution in [0.1, 0.15) is 16.1 Å². The van der Waals surface area contributed by atoms with Gasteiger partial charge < -0.3 is 15.2 Å². The number of esters is 1. The summed E-state index contributed by atoms with van der Waals surface area (Å²) in [6.45, 7) is -0.213. The fourth-order valence-electron chi connectivity index (χ4n) is 1.19. The second-order valence-corrected chi connectivity index (χ2v) is 4.16. The molecule has 0 aliphatic carbocycles. The number of methoxy groups -OCH3 is 1. The molecule has 0 aliphatic heterocycles. The zero-order valence-corrected chi connectivity index (χ0v) is 11.2. The summed E-state index contributed by atoms with van der Waals surface area (Å²) >= 11 is 1.57. The van der Waals surface area contributed by atoms with Crippen LogP contribution in [0.3, 0.4) is 0 Å². The van der Waals surface area contributed by atoms with Gasteiger partial charge in [-0.1, -0.05) is 0 Å². The van der Waals surface area contributed by atoms with Crippen LogP contribution in [0, 0.1) is 3.57 Å². The highest BCUT2D eigenvalue weighted by molar-refractivity contribution is 14.1. The summed E-state index contributed by atoms with van der Waals surface area (Å²) in [5, 5.41) is 0. The molecule has 0 radical (unpaired) electrons. The van der Waals surface area contributed by atoms with Crippen LogP contribution < -0.4 is 10.5 Å². The summed E-state index contributed by atoms with van der Waals surface area (Å²) in [4.78, 5) is 15.3. The summed E-state index contributed by atoms with van der Waals surface area (Å²) in [6.07, 6.45) is -3.79. The molecule has 0 aliphatic rings. The number of nitrogens with two attached hydrogens (primary N) is 1. The number of rotatable bonds is 3. The van der Waals surface area contributed by atoms with Crippen molar-refractivity contribution in [2.45, 2.75) is 12.9 Å². The molecule has 0 spiro atoms. The van der Waals surface area contributed by atoms with Gasteiger partial charge in [0.25, 0.3) is 0 Å². The lowest BCUT2D eigenvalue weighted by atomic mass is 10.1. The molecule has 0 aromatic carbocycles. The van der Waals surface area contributed by atoms with Gasteiger partial charge in [-0.05, 0) is 22.6 Å². The quantitative estimate of drug-likeness (QED) is 0.644. The number of hydrogen-bond donors (Lipinski definition) is 1. The summed E-state index contributed by atoms with van der Waals surface area (Å²) in [7, 11) is 1.04. The van der Waals surface area contributed by atoms with Gasteiger partial charge in [-0.2, -0.15) is 0 Å². The van der Waals surface area contributed by atoms with Crippen molar-refractivity contribution in [2.75, 3.05) is 7.11 Å². The third kappa shape index (κ3) is 3.45. The van der Waals surface area contributed by atoms with Gasteiger partial charge in [-0.15, -0.1) is 13.2 Å². The number of pyridine rings is 1. The number of aromatic nitrogens is 1. The predicted molar refractivity (Wildman–Crippen MR) is 62.9 cm³/mol. The molecule has 18 heavy (non-hydrogen) atoms. The van der Waals surface area contributed by atoms with Crippen LogP contribution in [-0.2, 0) is 11.3 Å². The van der Waals surface area contributed by atoms with Crippen molar-refractivity contribution in [1.82, 2.24) is 4.98 Å². The molecular formula is C9H8F3IN2O3. The Morgan fingerprint density at radius 3 is 2.61 bits per heavy atom. The molecule has 0 atom stereocenters. The van der Waals surface area contributed by atoms with E-state index in [0.717, 1.165) is 13.3 Å². The topological polar surface area (TPSA) is 74.4 Å². The molecule has 1 heterocycles. The third-order valence-corrected chi connectivity index (χ3v) is 2.64. The number of nitrogens with zero attached hydrogens (tertiary/aromatic N) is 1. The smallest absolute Gasteiger partial charge is 0.465 e. The molecule has 2 N–H and O–H groups in total. The first-order valence-electron chi connectivity index (χ1n) is 4.51. The second kappa shape index (κ2) is 5.69. The minimum atomic E-state index is -4.92. The minimum Gasteiger partial charge on any atom is -0.465 e. The lowest BCUT2D eigenvalue weighted by Crippen LogP contribution is -2.22. The van der Waals surface area contributed by atoms with E-state index in [4.69, 9.17) is 5.73 Å². The fourth-order valence-corrected chi connectivity index (χ4v) is 1.71. The van der Waals surface area contributed by atoms with Crippen LogP contribution in [0.25, 0.3) is 0 Å². The van der Waals surface area contributed by atoms with Gasteiger partial charge >= 0.3 is 12.3 Å². The third-order valence-electron chi connectivity index (χ3n) is 1.87. The fraction of sp³-hybridized carbons (Fsp3) is 0.333. The Hall–Kier alpha value is -1.10. The largest absolute Gasteiger partial charge is 0.573 e. The van der Waals surface area contributed by atoms with Crippen molar-refractivity contribution in [3.8, 4) is 5.75 Å². The maximum absolute atomic E-state index is 12.3. The normalized spacial score (nSPS) is 11.2. The maximum Gasteiger partial charge on any atom is 0.573 e.